The van der Waals surface area contributed by atoms with E-state index in [4.69, 9.17) is 11.6 Å². The van der Waals surface area contributed by atoms with Crippen molar-refractivity contribution < 1.29 is 4.79 Å². The first-order chi connectivity index (χ1) is 11.1. The lowest BCUT2D eigenvalue weighted by molar-refractivity contribution is -0.120. The van der Waals surface area contributed by atoms with Crippen LogP contribution in [0.2, 0.25) is 5.15 Å². The lowest BCUT2D eigenvalue weighted by Crippen LogP contribution is -2.33. The summed E-state index contributed by atoms with van der Waals surface area (Å²) in [6, 6.07) is -0.151. The predicted molar refractivity (Wildman–Crippen MR) is 95.4 cm³/mol. The van der Waals surface area contributed by atoms with Crippen LogP contribution in [-0.4, -0.2) is 15.9 Å². The zero-order chi connectivity index (χ0) is 17.1. The summed E-state index contributed by atoms with van der Waals surface area (Å²) in [4.78, 5) is 20.2. The van der Waals surface area contributed by atoms with Crippen LogP contribution in [0.3, 0.4) is 0 Å². The molecule has 0 bridgehead atoms. The van der Waals surface area contributed by atoms with Crippen molar-refractivity contribution in [1.82, 2.24) is 15.3 Å². The number of carbonyl (C=O) groups excluding carboxylic acids is 1. The van der Waals surface area contributed by atoms with Gasteiger partial charge in [-0.05, 0) is 18.8 Å². The Hall–Kier alpha value is -1.16. The SMILES string of the molecule is CCCCCC[C@@H](CCCC)C(NC(C)=O)c1nccnc1Cl. The molecule has 0 saturated heterocycles. The highest BCUT2D eigenvalue weighted by Gasteiger charge is 2.27. The fourth-order valence-corrected chi connectivity index (χ4v) is 3.17. The number of nitrogens with one attached hydrogen (secondary N) is 1. The largest absolute Gasteiger partial charge is 0.348 e. The van der Waals surface area contributed by atoms with Gasteiger partial charge in [-0.25, -0.2) is 4.98 Å². The first kappa shape index (κ1) is 19.9. The minimum Gasteiger partial charge on any atom is -0.348 e. The first-order valence-corrected chi connectivity index (χ1v) is 9.21. The second-order valence-electron chi connectivity index (χ2n) is 6.16. The standard InChI is InChI=1S/C18H30ClN3O/c1-4-6-8-9-11-15(10-7-5-2)16(22-14(3)23)17-18(19)21-13-12-20-17/h12-13,15-16H,4-11H2,1-3H3,(H,22,23)/t15-,16?/m1/s1. The molecule has 1 aromatic rings. The molecule has 4 nitrogen and oxygen atoms in total. The van der Waals surface area contributed by atoms with Crippen LogP contribution in [0.25, 0.3) is 0 Å². The smallest absolute Gasteiger partial charge is 0.217 e. The summed E-state index contributed by atoms with van der Waals surface area (Å²) < 4.78 is 0. The van der Waals surface area contributed by atoms with Crippen molar-refractivity contribution in [2.45, 2.75) is 78.2 Å². The maximum Gasteiger partial charge on any atom is 0.217 e. The molecule has 1 unspecified atom stereocenters. The summed E-state index contributed by atoms with van der Waals surface area (Å²) in [5.74, 6) is 0.302. The number of hydrogen-bond donors (Lipinski definition) is 1. The third-order valence-electron chi connectivity index (χ3n) is 4.16. The van der Waals surface area contributed by atoms with Crippen LogP contribution in [0.5, 0.6) is 0 Å². The van der Waals surface area contributed by atoms with Crippen LogP contribution in [0.1, 0.15) is 83.9 Å². The molecule has 1 amide bonds. The number of amides is 1. The van der Waals surface area contributed by atoms with E-state index in [-0.39, 0.29) is 11.9 Å². The Morgan fingerprint density at radius 3 is 2.35 bits per heavy atom. The molecule has 1 rings (SSSR count). The van der Waals surface area contributed by atoms with Crippen molar-refractivity contribution in [3.63, 3.8) is 0 Å². The van der Waals surface area contributed by atoms with Gasteiger partial charge in [0.15, 0.2) is 5.15 Å². The van der Waals surface area contributed by atoms with Crippen LogP contribution >= 0.6 is 11.6 Å². The third-order valence-corrected chi connectivity index (χ3v) is 4.45. The average Bonchev–Trinajstić information content (AvgIpc) is 2.53. The van der Waals surface area contributed by atoms with E-state index in [0.29, 0.717) is 16.8 Å². The average molecular weight is 340 g/mol. The topological polar surface area (TPSA) is 54.9 Å². The Labute approximate surface area is 145 Å². The number of unbranched alkanes of at least 4 members (excludes halogenated alkanes) is 4. The van der Waals surface area contributed by atoms with Crippen molar-refractivity contribution in [2.75, 3.05) is 0 Å². The van der Waals surface area contributed by atoms with Gasteiger partial charge < -0.3 is 5.32 Å². The Balaban J connectivity index is 2.91. The normalized spacial score (nSPS) is 13.6. The van der Waals surface area contributed by atoms with E-state index in [1.807, 2.05) is 0 Å². The molecule has 1 N–H and O–H groups in total. The molecule has 0 saturated carbocycles. The third kappa shape index (κ3) is 7.30. The fraction of sp³-hybridized carbons (Fsp3) is 0.722. The van der Waals surface area contributed by atoms with Crippen molar-refractivity contribution in [3.05, 3.63) is 23.2 Å². The van der Waals surface area contributed by atoms with Crippen molar-refractivity contribution in [3.8, 4) is 0 Å². The van der Waals surface area contributed by atoms with Crippen molar-refractivity contribution >= 4 is 17.5 Å². The lowest BCUT2D eigenvalue weighted by Gasteiger charge is -2.28. The van der Waals surface area contributed by atoms with Crippen molar-refractivity contribution in [1.29, 1.82) is 0 Å². The second-order valence-corrected chi connectivity index (χ2v) is 6.52. The zero-order valence-corrected chi connectivity index (χ0v) is 15.4. The Bertz CT molecular complexity index is 467. The summed E-state index contributed by atoms with van der Waals surface area (Å²) in [7, 11) is 0. The molecule has 0 spiro atoms. The molecule has 0 aliphatic heterocycles. The number of carbonyl (C=O) groups is 1. The quantitative estimate of drug-likeness (QED) is 0.572. The number of hydrogen-bond acceptors (Lipinski definition) is 3. The maximum absolute atomic E-state index is 11.7. The molecule has 0 aromatic carbocycles. The van der Waals surface area contributed by atoms with E-state index in [2.05, 4.69) is 29.1 Å². The summed E-state index contributed by atoms with van der Waals surface area (Å²) in [5.41, 5.74) is 0.695. The molecule has 2 atom stereocenters. The van der Waals surface area contributed by atoms with E-state index < -0.39 is 0 Å². The second kappa shape index (κ2) is 11.4. The molecule has 0 fully saturated rings. The molecule has 0 aliphatic carbocycles. The molecule has 0 radical (unpaired) electrons. The van der Waals surface area contributed by atoms with Crippen LogP contribution in [0.15, 0.2) is 12.4 Å². The zero-order valence-electron chi connectivity index (χ0n) is 14.6. The Morgan fingerprint density at radius 1 is 1.09 bits per heavy atom. The number of rotatable bonds is 11. The van der Waals surface area contributed by atoms with E-state index in [1.165, 1.54) is 25.7 Å². The summed E-state index contributed by atoms with van der Waals surface area (Å²) in [5, 5.41) is 3.45. The first-order valence-electron chi connectivity index (χ1n) is 8.83. The monoisotopic (exact) mass is 339 g/mol. The summed E-state index contributed by atoms with van der Waals surface area (Å²) in [6.07, 6.45) is 12.6. The fourth-order valence-electron chi connectivity index (χ4n) is 2.95. The predicted octanol–water partition coefficient (Wildman–Crippen LogP) is 5.08. The van der Waals surface area contributed by atoms with Crippen molar-refractivity contribution in [2.24, 2.45) is 5.92 Å². The highest BCUT2D eigenvalue weighted by atomic mass is 35.5. The molecule has 0 aliphatic rings. The maximum atomic E-state index is 11.7. The molecule has 1 heterocycles. The van der Waals surface area contributed by atoms with Crippen LogP contribution in [0.4, 0.5) is 0 Å². The number of aromatic nitrogens is 2. The minimum absolute atomic E-state index is 0.0493. The van der Waals surface area contributed by atoms with E-state index in [1.54, 1.807) is 19.3 Å². The molecule has 23 heavy (non-hydrogen) atoms. The lowest BCUT2D eigenvalue weighted by atomic mass is 9.86. The summed E-state index contributed by atoms with van der Waals surface area (Å²) >= 11 is 6.24. The van der Waals surface area contributed by atoms with Gasteiger partial charge in [0.25, 0.3) is 0 Å². The van der Waals surface area contributed by atoms with Gasteiger partial charge in [-0.2, -0.15) is 0 Å². The van der Waals surface area contributed by atoms with Gasteiger partial charge in [0.2, 0.25) is 5.91 Å². The summed E-state index contributed by atoms with van der Waals surface area (Å²) in [6.45, 7) is 5.95. The van der Waals surface area contributed by atoms with Gasteiger partial charge >= 0.3 is 0 Å². The molecule has 1 aromatic heterocycles. The number of nitrogens with zero attached hydrogens (tertiary/aromatic N) is 2. The van der Waals surface area contributed by atoms with Crippen LogP contribution in [0, 0.1) is 5.92 Å². The van der Waals surface area contributed by atoms with Gasteiger partial charge in [-0.3, -0.25) is 9.78 Å². The van der Waals surface area contributed by atoms with Gasteiger partial charge in [0, 0.05) is 19.3 Å². The highest BCUT2D eigenvalue weighted by molar-refractivity contribution is 6.30. The molecule has 130 valence electrons. The van der Waals surface area contributed by atoms with E-state index in [0.717, 1.165) is 25.7 Å². The van der Waals surface area contributed by atoms with Crippen LogP contribution in [-0.2, 0) is 4.79 Å². The van der Waals surface area contributed by atoms with Crippen LogP contribution < -0.4 is 5.32 Å². The number of halogens is 1. The molecule has 5 heteroatoms. The Morgan fingerprint density at radius 2 is 1.74 bits per heavy atom. The highest BCUT2D eigenvalue weighted by Crippen LogP contribution is 2.32. The molecular formula is C18H30ClN3O. The molecular weight excluding hydrogens is 310 g/mol. The van der Waals surface area contributed by atoms with Gasteiger partial charge in [0.1, 0.15) is 5.69 Å². The van der Waals surface area contributed by atoms with Gasteiger partial charge in [-0.15, -0.1) is 0 Å². The Kier molecular flexibility index (Phi) is 9.85. The van der Waals surface area contributed by atoms with E-state index >= 15 is 0 Å². The minimum atomic E-state index is -0.151. The van der Waals surface area contributed by atoms with Gasteiger partial charge in [-0.1, -0.05) is 64.0 Å². The van der Waals surface area contributed by atoms with E-state index in [9.17, 15) is 4.79 Å². The van der Waals surface area contributed by atoms with Gasteiger partial charge in [0.05, 0.1) is 6.04 Å².